The molecule has 0 atom stereocenters. The van der Waals surface area contributed by atoms with Crippen LogP contribution < -0.4 is 5.73 Å². The average Bonchev–Trinajstić information content (AvgIpc) is 3.20. The van der Waals surface area contributed by atoms with Gasteiger partial charge in [-0.05, 0) is 13.0 Å². The molecule has 0 aliphatic carbocycles. The van der Waals surface area contributed by atoms with Gasteiger partial charge >= 0.3 is 0 Å². The fourth-order valence-corrected chi connectivity index (χ4v) is 2.65. The molecule has 0 spiro atoms. The van der Waals surface area contributed by atoms with E-state index in [1.807, 2.05) is 0 Å². The lowest BCUT2D eigenvalue weighted by molar-refractivity contribution is 0.111. The van der Waals surface area contributed by atoms with Crippen LogP contribution in [0.2, 0.25) is 0 Å². The van der Waals surface area contributed by atoms with Gasteiger partial charge in [0.1, 0.15) is 23.2 Å². The Morgan fingerprint density at radius 2 is 2.12 bits per heavy atom. The number of halogens is 1. The summed E-state index contributed by atoms with van der Waals surface area (Å²) in [6.07, 6.45) is 3.16. The van der Waals surface area contributed by atoms with Crippen molar-refractivity contribution in [2.24, 2.45) is 0 Å². The predicted octanol–water partition coefficient (Wildman–Crippen LogP) is 1.77. The molecule has 0 amide bonds. The van der Waals surface area contributed by atoms with Crippen LogP contribution in [0.5, 0.6) is 0 Å². The second-order valence-electron chi connectivity index (χ2n) is 5.58. The van der Waals surface area contributed by atoms with Crippen molar-refractivity contribution in [1.29, 1.82) is 0 Å². The van der Waals surface area contributed by atoms with Gasteiger partial charge in [0.25, 0.3) is 0 Å². The van der Waals surface area contributed by atoms with Crippen molar-refractivity contribution in [2.75, 3.05) is 5.73 Å². The number of nitrogens with two attached hydrogens (primary N) is 1. The molecule has 2 N–H and O–H groups in total. The van der Waals surface area contributed by atoms with Crippen molar-refractivity contribution in [3.05, 3.63) is 47.6 Å². The molecule has 0 saturated heterocycles. The highest BCUT2D eigenvalue weighted by molar-refractivity contribution is 5.85. The first-order valence-corrected chi connectivity index (χ1v) is 7.57. The minimum atomic E-state index is -0.501. The van der Waals surface area contributed by atoms with Gasteiger partial charge in [0.15, 0.2) is 29.0 Å². The number of nitrogens with zero attached hydrogens (tertiary/aromatic N) is 6. The fraction of sp³-hybridized carbons (Fsp3) is 0.125. The van der Waals surface area contributed by atoms with Gasteiger partial charge < -0.3 is 14.8 Å². The Bertz CT molecular complexity index is 1140. The van der Waals surface area contributed by atoms with Crippen molar-refractivity contribution in [3.63, 3.8) is 0 Å². The van der Waals surface area contributed by atoms with E-state index in [1.54, 1.807) is 11.5 Å². The van der Waals surface area contributed by atoms with Crippen molar-refractivity contribution in [3.8, 4) is 11.4 Å². The number of hydrogen-bond acceptors (Lipinski definition) is 8. The highest BCUT2D eigenvalue weighted by Gasteiger charge is 2.19. The van der Waals surface area contributed by atoms with Crippen LogP contribution in [0.4, 0.5) is 10.2 Å². The number of anilines is 1. The van der Waals surface area contributed by atoms with Crippen LogP contribution in [0.1, 0.15) is 22.1 Å². The number of nitrogen functional groups attached to an aromatic ring is 1. The van der Waals surface area contributed by atoms with Gasteiger partial charge in [0, 0.05) is 17.8 Å². The zero-order chi connectivity index (χ0) is 18.3. The lowest BCUT2D eigenvalue weighted by Gasteiger charge is -2.07. The molecular weight excluding hydrogens is 341 g/mol. The van der Waals surface area contributed by atoms with Crippen LogP contribution in [0, 0.1) is 12.7 Å². The number of aryl methyl sites for hydroxylation is 1. The second kappa shape index (κ2) is 5.99. The van der Waals surface area contributed by atoms with Crippen LogP contribution in [0.25, 0.3) is 22.6 Å². The molecule has 130 valence electrons. The number of rotatable bonds is 4. The van der Waals surface area contributed by atoms with E-state index in [2.05, 4.69) is 25.1 Å². The lowest BCUT2D eigenvalue weighted by Crippen LogP contribution is -2.04. The molecule has 9 nitrogen and oxygen atoms in total. The largest absolute Gasteiger partial charge is 0.382 e. The summed E-state index contributed by atoms with van der Waals surface area (Å²) in [4.78, 5) is 27.6. The van der Waals surface area contributed by atoms with Gasteiger partial charge in [-0.2, -0.15) is 0 Å². The summed E-state index contributed by atoms with van der Waals surface area (Å²) in [5.41, 5.74) is 7.41. The molecule has 4 aromatic heterocycles. The van der Waals surface area contributed by atoms with Crippen molar-refractivity contribution < 1.29 is 13.7 Å². The van der Waals surface area contributed by atoms with E-state index >= 15 is 0 Å². The number of carbonyl (C=O) groups excluding carboxylic acids is 1. The van der Waals surface area contributed by atoms with Crippen LogP contribution in [-0.4, -0.2) is 35.9 Å². The molecule has 0 fully saturated rings. The maximum Gasteiger partial charge on any atom is 0.171 e. The van der Waals surface area contributed by atoms with E-state index in [4.69, 9.17) is 10.3 Å². The Labute approximate surface area is 145 Å². The summed E-state index contributed by atoms with van der Waals surface area (Å²) >= 11 is 0. The van der Waals surface area contributed by atoms with E-state index in [1.165, 1.54) is 18.3 Å². The zero-order valence-electron chi connectivity index (χ0n) is 13.5. The Balaban J connectivity index is 1.94. The van der Waals surface area contributed by atoms with Crippen LogP contribution in [-0.2, 0) is 6.54 Å². The highest BCUT2D eigenvalue weighted by Crippen LogP contribution is 2.27. The number of aromatic nitrogens is 6. The number of aldehydes is 1. The number of hydrogen-bond donors (Lipinski definition) is 1. The highest BCUT2D eigenvalue weighted by atomic mass is 19.1. The van der Waals surface area contributed by atoms with Crippen molar-refractivity contribution in [1.82, 2.24) is 29.7 Å². The van der Waals surface area contributed by atoms with Gasteiger partial charge in [-0.25, -0.2) is 19.3 Å². The second-order valence-corrected chi connectivity index (χ2v) is 5.58. The van der Waals surface area contributed by atoms with E-state index < -0.39 is 5.82 Å². The molecule has 10 heteroatoms. The van der Waals surface area contributed by atoms with Crippen molar-refractivity contribution in [2.45, 2.75) is 13.5 Å². The summed E-state index contributed by atoms with van der Waals surface area (Å²) in [6, 6.07) is 2.81. The Morgan fingerprint density at radius 3 is 2.85 bits per heavy atom. The Hall–Kier alpha value is -3.69. The SMILES string of the molecule is Cc1nc(N)c2nc(-c3cncc(F)c3)n(Cc3cc(C=O)no3)c2n1. The topological polar surface area (TPSA) is 126 Å². The average molecular weight is 353 g/mol. The third kappa shape index (κ3) is 2.66. The van der Waals surface area contributed by atoms with E-state index in [0.29, 0.717) is 40.4 Å². The third-order valence-electron chi connectivity index (χ3n) is 3.71. The molecule has 0 aromatic carbocycles. The minimum Gasteiger partial charge on any atom is -0.382 e. The first kappa shape index (κ1) is 15.8. The molecule has 4 heterocycles. The fourth-order valence-electron chi connectivity index (χ4n) is 2.65. The molecule has 4 aromatic rings. The van der Waals surface area contributed by atoms with E-state index in [-0.39, 0.29) is 18.1 Å². The zero-order valence-corrected chi connectivity index (χ0v) is 13.5. The van der Waals surface area contributed by atoms with E-state index in [9.17, 15) is 9.18 Å². The first-order chi connectivity index (χ1) is 12.5. The summed E-state index contributed by atoms with van der Waals surface area (Å²) in [5, 5.41) is 3.64. The maximum atomic E-state index is 13.6. The van der Waals surface area contributed by atoms with Crippen LogP contribution in [0.3, 0.4) is 0 Å². The monoisotopic (exact) mass is 353 g/mol. The molecule has 26 heavy (non-hydrogen) atoms. The molecule has 0 aliphatic rings. The van der Waals surface area contributed by atoms with E-state index in [0.717, 1.165) is 6.20 Å². The van der Waals surface area contributed by atoms with Gasteiger partial charge in [-0.15, -0.1) is 0 Å². The number of pyridine rings is 1. The van der Waals surface area contributed by atoms with Crippen LogP contribution >= 0.6 is 0 Å². The number of fused-ring (bicyclic) bond motifs is 1. The van der Waals surface area contributed by atoms with Crippen molar-refractivity contribution >= 4 is 23.3 Å². The smallest absolute Gasteiger partial charge is 0.171 e. The summed E-state index contributed by atoms with van der Waals surface area (Å²) in [6.45, 7) is 1.87. The third-order valence-corrected chi connectivity index (χ3v) is 3.71. The summed E-state index contributed by atoms with van der Waals surface area (Å²) in [7, 11) is 0. The molecule has 0 aliphatic heterocycles. The molecule has 0 unspecified atom stereocenters. The molecule has 0 radical (unpaired) electrons. The molecule has 0 bridgehead atoms. The maximum absolute atomic E-state index is 13.6. The molecular formula is C16H12FN7O2. The Morgan fingerprint density at radius 1 is 1.27 bits per heavy atom. The minimum absolute atomic E-state index is 0.166. The normalized spacial score (nSPS) is 11.2. The first-order valence-electron chi connectivity index (χ1n) is 7.57. The van der Waals surface area contributed by atoms with Crippen LogP contribution in [0.15, 0.2) is 29.0 Å². The molecule has 0 saturated carbocycles. The van der Waals surface area contributed by atoms with Gasteiger partial charge in [-0.3, -0.25) is 9.78 Å². The number of imidazole rings is 1. The van der Waals surface area contributed by atoms with Gasteiger partial charge in [0.2, 0.25) is 0 Å². The molecule has 4 rings (SSSR count). The number of carbonyl (C=O) groups is 1. The Kier molecular flexibility index (Phi) is 3.64. The summed E-state index contributed by atoms with van der Waals surface area (Å²) < 4.78 is 20.5. The quantitative estimate of drug-likeness (QED) is 0.550. The standard InChI is InChI=1S/C16H12FN7O2/c1-8-20-14(18)13-16(21-8)24(6-12-3-11(7-25)23-26-12)15(22-13)9-2-10(17)5-19-4-9/h2-5,7H,6H2,1H3,(H2,18,20,21). The summed E-state index contributed by atoms with van der Waals surface area (Å²) in [5.74, 6) is 0.975. The predicted molar refractivity (Wildman–Crippen MR) is 88.7 cm³/mol. The lowest BCUT2D eigenvalue weighted by atomic mass is 10.2. The van der Waals surface area contributed by atoms with Gasteiger partial charge in [-0.1, -0.05) is 5.16 Å². The van der Waals surface area contributed by atoms with Gasteiger partial charge in [0.05, 0.1) is 12.7 Å².